The minimum Gasteiger partial charge on any atom is -0.333 e. The molecule has 0 amide bonds. The van der Waals surface area contributed by atoms with Gasteiger partial charge in [0.2, 0.25) is 0 Å². The summed E-state index contributed by atoms with van der Waals surface area (Å²) in [4.78, 5) is 15.0. The van der Waals surface area contributed by atoms with Crippen LogP contribution in [0, 0.1) is 11.3 Å². The van der Waals surface area contributed by atoms with Crippen LogP contribution in [0.25, 0.3) is 5.65 Å². The average Bonchev–Trinajstić information content (AvgIpc) is 2.60. The minimum absolute atomic E-state index is 0.0808. The van der Waals surface area contributed by atoms with Gasteiger partial charge in [-0.05, 0) is 21.8 Å². The summed E-state index contributed by atoms with van der Waals surface area (Å²) in [5, 5.41) is 12.7. The largest absolute Gasteiger partial charge is 0.333 e. The molecule has 0 fully saturated rings. The van der Waals surface area contributed by atoms with Crippen molar-refractivity contribution < 1.29 is 0 Å². The number of fused-ring (bicyclic) bond motifs is 1. The SMILES string of the molecule is CC(C)c1c(Br)[nH]c2c(C#N)cnn2c1=O. The van der Waals surface area contributed by atoms with Gasteiger partial charge in [0.15, 0.2) is 5.65 Å². The Kier molecular flexibility index (Phi) is 2.56. The number of nitrogens with one attached hydrogen (secondary N) is 1. The van der Waals surface area contributed by atoms with Crippen molar-refractivity contribution in [2.24, 2.45) is 0 Å². The topological polar surface area (TPSA) is 73.9 Å². The molecule has 2 aromatic rings. The summed E-state index contributed by atoms with van der Waals surface area (Å²) in [7, 11) is 0. The summed E-state index contributed by atoms with van der Waals surface area (Å²) < 4.78 is 1.83. The number of aromatic nitrogens is 3. The summed E-state index contributed by atoms with van der Waals surface area (Å²) in [5.41, 5.74) is 1.20. The first-order valence-corrected chi connectivity index (χ1v) is 5.55. The van der Waals surface area contributed by atoms with Crippen LogP contribution in [-0.2, 0) is 0 Å². The third-order valence-electron chi connectivity index (χ3n) is 2.35. The average molecular weight is 281 g/mol. The van der Waals surface area contributed by atoms with E-state index in [0.29, 0.717) is 21.4 Å². The van der Waals surface area contributed by atoms with Crippen molar-refractivity contribution in [3.8, 4) is 6.07 Å². The Balaban J connectivity index is 2.92. The Labute approximate surface area is 99.8 Å². The van der Waals surface area contributed by atoms with Crippen molar-refractivity contribution in [3.05, 3.63) is 32.3 Å². The van der Waals surface area contributed by atoms with Crippen LogP contribution in [0.15, 0.2) is 15.6 Å². The van der Waals surface area contributed by atoms with E-state index >= 15 is 0 Å². The minimum atomic E-state index is -0.197. The van der Waals surface area contributed by atoms with E-state index in [-0.39, 0.29) is 11.5 Å². The molecule has 2 aromatic heterocycles. The lowest BCUT2D eigenvalue weighted by Gasteiger charge is -2.07. The van der Waals surface area contributed by atoms with Crippen molar-refractivity contribution in [1.82, 2.24) is 14.6 Å². The van der Waals surface area contributed by atoms with E-state index in [1.54, 1.807) is 0 Å². The van der Waals surface area contributed by atoms with E-state index < -0.39 is 0 Å². The van der Waals surface area contributed by atoms with Gasteiger partial charge in [0.1, 0.15) is 11.6 Å². The molecule has 0 aromatic carbocycles. The van der Waals surface area contributed by atoms with E-state index in [2.05, 4.69) is 26.0 Å². The van der Waals surface area contributed by atoms with Gasteiger partial charge in [-0.15, -0.1) is 0 Å². The van der Waals surface area contributed by atoms with Crippen LogP contribution < -0.4 is 5.56 Å². The second-order valence-electron chi connectivity index (χ2n) is 3.74. The summed E-state index contributed by atoms with van der Waals surface area (Å²) >= 11 is 3.31. The number of hydrogen-bond donors (Lipinski definition) is 1. The first-order valence-electron chi connectivity index (χ1n) is 4.75. The predicted octanol–water partition coefficient (Wildman–Crippen LogP) is 1.78. The molecule has 82 valence electrons. The second kappa shape index (κ2) is 3.76. The molecule has 2 heterocycles. The number of halogens is 1. The van der Waals surface area contributed by atoms with E-state index in [4.69, 9.17) is 5.26 Å². The molecule has 1 N–H and O–H groups in total. The molecule has 0 radical (unpaired) electrons. The standard InChI is InChI=1S/C10H9BrN4O/c1-5(2)7-8(11)14-9-6(3-12)4-13-15(9)10(7)16/h4-5,14H,1-2H3. The number of rotatable bonds is 1. The lowest BCUT2D eigenvalue weighted by Crippen LogP contribution is -2.21. The predicted molar refractivity (Wildman–Crippen MR) is 62.3 cm³/mol. The molecule has 0 bridgehead atoms. The number of nitriles is 1. The highest BCUT2D eigenvalue weighted by Crippen LogP contribution is 2.20. The first kappa shape index (κ1) is 10.9. The summed E-state index contributed by atoms with van der Waals surface area (Å²) in [6.45, 7) is 3.85. The molecule has 0 aliphatic rings. The van der Waals surface area contributed by atoms with E-state index in [9.17, 15) is 4.79 Å². The Bertz CT molecular complexity index is 647. The fourth-order valence-electron chi connectivity index (χ4n) is 1.58. The van der Waals surface area contributed by atoms with Gasteiger partial charge in [-0.25, -0.2) is 0 Å². The Hall–Kier alpha value is -1.61. The van der Waals surface area contributed by atoms with Crippen LogP contribution in [0.5, 0.6) is 0 Å². The van der Waals surface area contributed by atoms with Crippen molar-refractivity contribution in [3.63, 3.8) is 0 Å². The molecule has 2 rings (SSSR count). The van der Waals surface area contributed by atoms with Gasteiger partial charge in [-0.3, -0.25) is 4.79 Å². The first-order chi connectivity index (χ1) is 7.56. The van der Waals surface area contributed by atoms with Gasteiger partial charge in [0, 0.05) is 0 Å². The molecular weight excluding hydrogens is 272 g/mol. The summed E-state index contributed by atoms with van der Waals surface area (Å²) in [5.74, 6) is 0.0808. The molecule has 6 heteroatoms. The van der Waals surface area contributed by atoms with Crippen molar-refractivity contribution in [2.45, 2.75) is 19.8 Å². The quantitative estimate of drug-likeness (QED) is 0.810. The van der Waals surface area contributed by atoms with Crippen LogP contribution in [-0.4, -0.2) is 14.6 Å². The molecule has 5 nitrogen and oxygen atoms in total. The molecule has 0 saturated carbocycles. The fourth-order valence-corrected chi connectivity index (χ4v) is 2.40. The highest BCUT2D eigenvalue weighted by atomic mass is 79.9. The Morgan fingerprint density at radius 3 is 2.88 bits per heavy atom. The van der Waals surface area contributed by atoms with Gasteiger partial charge in [0.25, 0.3) is 5.56 Å². The normalized spacial score (nSPS) is 10.9. The van der Waals surface area contributed by atoms with Crippen LogP contribution in [0.2, 0.25) is 0 Å². The van der Waals surface area contributed by atoms with E-state index in [0.717, 1.165) is 0 Å². The van der Waals surface area contributed by atoms with Crippen LogP contribution in [0.3, 0.4) is 0 Å². The van der Waals surface area contributed by atoms with Gasteiger partial charge in [-0.2, -0.15) is 14.9 Å². The zero-order valence-electron chi connectivity index (χ0n) is 8.78. The third kappa shape index (κ3) is 1.44. The van der Waals surface area contributed by atoms with Crippen molar-refractivity contribution in [2.75, 3.05) is 0 Å². The molecule has 0 saturated heterocycles. The van der Waals surface area contributed by atoms with Gasteiger partial charge >= 0.3 is 0 Å². The van der Waals surface area contributed by atoms with Gasteiger partial charge < -0.3 is 4.98 Å². The molecule has 0 spiro atoms. The Morgan fingerprint density at radius 1 is 1.62 bits per heavy atom. The fraction of sp³-hybridized carbons (Fsp3) is 0.300. The maximum Gasteiger partial charge on any atom is 0.278 e. The second-order valence-corrected chi connectivity index (χ2v) is 4.54. The maximum atomic E-state index is 12.1. The van der Waals surface area contributed by atoms with Crippen LogP contribution >= 0.6 is 15.9 Å². The molecular formula is C10H9BrN4O. The monoisotopic (exact) mass is 280 g/mol. The zero-order valence-corrected chi connectivity index (χ0v) is 10.4. The van der Waals surface area contributed by atoms with Crippen molar-refractivity contribution in [1.29, 1.82) is 5.26 Å². The molecule has 0 aliphatic carbocycles. The van der Waals surface area contributed by atoms with E-state index in [1.165, 1.54) is 10.7 Å². The number of H-pyrrole nitrogens is 1. The number of nitrogens with zero attached hydrogens (tertiary/aromatic N) is 3. The number of aromatic amines is 1. The van der Waals surface area contributed by atoms with Crippen LogP contribution in [0.4, 0.5) is 0 Å². The smallest absolute Gasteiger partial charge is 0.278 e. The third-order valence-corrected chi connectivity index (χ3v) is 2.98. The molecule has 16 heavy (non-hydrogen) atoms. The zero-order chi connectivity index (χ0) is 11.9. The maximum absolute atomic E-state index is 12.1. The summed E-state index contributed by atoms with van der Waals surface area (Å²) in [6.07, 6.45) is 1.38. The van der Waals surface area contributed by atoms with Crippen molar-refractivity contribution >= 4 is 21.6 Å². The number of hydrogen-bond acceptors (Lipinski definition) is 3. The molecule has 0 aliphatic heterocycles. The molecule has 0 unspecified atom stereocenters. The summed E-state index contributed by atoms with van der Waals surface area (Å²) in [6, 6.07) is 1.98. The van der Waals surface area contributed by atoms with Crippen LogP contribution in [0.1, 0.15) is 30.9 Å². The lowest BCUT2D eigenvalue weighted by atomic mass is 10.1. The van der Waals surface area contributed by atoms with E-state index in [1.807, 2.05) is 19.9 Å². The lowest BCUT2D eigenvalue weighted by molar-refractivity contribution is 0.785. The highest BCUT2D eigenvalue weighted by molar-refractivity contribution is 9.10. The molecule has 0 atom stereocenters. The van der Waals surface area contributed by atoms with Gasteiger partial charge in [-0.1, -0.05) is 13.8 Å². The highest BCUT2D eigenvalue weighted by Gasteiger charge is 2.16. The Morgan fingerprint density at radius 2 is 2.31 bits per heavy atom. The van der Waals surface area contributed by atoms with Gasteiger partial charge in [0.05, 0.1) is 16.4 Å².